The Balaban J connectivity index is 1.58. The molecule has 0 aliphatic carbocycles. The molecule has 0 aliphatic rings. The molecule has 24 heavy (non-hydrogen) atoms. The summed E-state index contributed by atoms with van der Waals surface area (Å²) in [4.78, 5) is 16.4. The van der Waals surface area contributed by atoms with E-state index in [2.05, 4.69) is 20.5 Å². The molecule has 0 spiro atoms. The second-order valence-corrected chi connectivity index (χ2v) is 6.50. The molecule has 1 amide bonds. The van der Waals surface area contributed by atoms with E-state index >= 15 is 0 Å². The number of para-hydroxylation sites is 1. The smallest absolute Gasteiger partial charge is 0.234 e. The fourth-order valence-corrected chi connectivity index (χ4v) is 2.80. The van der Waals surface area contributed by atoms with Gasteiger partial charge in [-0.25, -0.2) is 4.98 Å². The standard InChI is InChI=1S/C17H15ClN4OS/c1-11-4-2-3-5-14(11)19-15(23)10-24-17-20-16(21-22-17)12-6-8-13(18)9-7-12/h2-9H,10H2,1H3,(H,19,23)(H,20,21,22). The molecule has 2 aromatic carbocycles. The van der Waals surface area contributed by atoms with Crippen molar-refractivity contribution in [2.75, 3.05) is 11.1 Å². The number of carbonyl (C=O) groups is 1. The average Bonchev–Trinajstić information content (AvgIpc) is 3.05. The van der Waals surface area contributed by atoms with E-state index in [0.29, 0.717) is 16.0 Å². The first-order valence-electron chi connectivity index (χ1n) is 7.28. The molecule has 0 atom stereocenters. The quantitative estimate of drug-likeness (QED) is 0.672. The summed E-state index contributed by atoms with van der Waals surface area (Å²) in [5, 5.41) is 11.1. The molecule has 5 nitrogen and oxygen atoms in total. The highest BCUT2D eigenvalue weighted by atomic mass is 35.5. The fourth-order valence-electron chi connectivity index (χ4n) is 2.08. The van der Waals surface area contributed by atoms with Gasteiger partial charge in [-0.05, 0) is 42.8 Å². The molecular weight excluding hydrogens is 344 g/mol. The first-order chi connectivity index (χ1) is 11.6. The lowest BCUT2D eigenvalue weighted by molar-refractivity contribution is -0.113. The molecule has 0 radical (unpaired) electrons. The number of amides is 1. The maximum Gasteiger partial charge on any atom is 0.234 e. The topological polar surface area (TPSA) is 70.7 Å². The van der Waals surface area contributed by atoms with Crippen LogP contribution in [0.4, 0.5) is 5.69 Å². The van der Waals surface area contributed by atoms with Crippen molar-refractivity contribution < 1.29 is 4.79 Å². The number of H-pyrrole nitrogens is 1. The second kappa shape index (κ2) is 7.51. The van der Waals surface area contributed by atoms with Crippen LogP contribution in [0.1, 0.15) is 5.56 Å². The van der Waals surface area contributed by atoms with Crippen molar-refractivity contribution >= 4 is 35.0 Å². The molecule has 0 fully saturated rings. The summed E-state index contributed by atoms with van der Waals surface area (Å²) in [6.45, 7) is 1.95. The minimum atomic E-state index is -0.0906. The van der Waals surface area contributed by atoms with E-state index in [-0.39, 0.29) is 11.7 Å². The van der Waals surface area contributed by atoms with Gasteiger partial charge in [0.1, 0.15) is 0 Å². The number of thioether (sulfide) groups is 1. The Morgan fingerprint density at radius 3 is 2.71 bits per heavy atom. The van der Waals surface area contributed by atoms with Crippen molar-refractivity contribution in [1.29, 1.82) is 0 Å². The summed E-state index contributed by atoms with van der Waals surface area (Å²) in [5.41, 5.74) is 2.74. The van der Waals surface area contributed by atoms with E-state index in [1.165, 1.54) is 11.8 Å². The molecule has 1 aromatic heterocycles. The second-order valence-electron chi connectivity index (χ2n) is 5.13. The number of rotatable bonds is 5. The molecule has 0 bridgehead atoms. The molecular formula is C17H15ClN4OS. The molecule has 0 saturated carbocycles. The van der Waals surface area contributed by atoms with Crippen LogP contribution in [-0.4, -0.2) is 26.8 Å². The van der Waals surface area contributed by atoms with Crippen LogP contribution in [0.15, 0.2) is 53.7 Å². The first-order valence-corrected chi connectivity index (χ1v) is 8.65. The van der Waals surface area contributed by atoms with Gasteiger partial charge in [0.2, 0.25) is 11.1 Å². The predicted molar refractivity (Wildman–Crippen MR) is 97.4 cm³/mol. The number of nitrogens with zero attached hydrogens (tertiary/aromatic N) is 2. The third-order valence-electron chi connectivity index (χ3n) is 3.33. The fraction of sp³-hybridized carbons (Fsp3) is 0.118. The van der Waals surface area contributed by atoms with Gasteiger partial charge in [-0.15, -0.1) is 5.10 Å². The van der Waals surface area contributed by atoms with Crippen LogP contribution in [0.2, 0.25) is 5.02 Å². The first kappa shape index (κ1) is 16.5. The lowest BCUT2D eigenvalue weighted by atomic mass is 10.2. The zero-order valence-electron chi connectivity index (χ0n) is 12.9. The number of aromatic nitrogens is 3. The van der Waals surface area contributed by atoms with Crippen LogP contribution in [0.25, 0.3) is 11.4 Å². The van der Waals surface area contributed by atoms with Gasteiger partial charge < -0.3 is 5.32 Å². The number of carbonyl (C=O) groups excluding carboxylic acids is 1. The van der Waals surface area contributed by atoms with Crippen molar-refractivity contribution in [3.05, 3.63) is 59.1 Å². The molecule has 7 heteroatoms. The summed E-state index contributed by atoms with van der Waals surface area (Å²) < 4.78 is 0. The highest BCUT2D eigenvalue weighted by molar-refractivity contribution is 7.99. The Morgan fingerprint density at radius 1 is 1.21 bits per heavy atom. The van der Waals surface area contributed by atoms with E-state index in [4.69, 9.17) is 11.6 Å². The van der Waals surface area contributed by atoms with Gasteiger partial charge in [-0.1, -0.05) is 41.6 Å². The monoisotopic (exact) mass is 358 g/mol. The molecule has 3 rings (SSSR count). The lowest BCUT2D eigenvalue weighted by Gasteiger charge is -2.06. The van der Waals surface area contributed by atoms with E-state index in [1.807, 2.05) is 43.3 Å². The number of hydrogen-bond acceptors (Lipinski definition) is 4. The van der Waals surface area contributed by atoms with E-state index in [1.54, 1.807) is 12.1 Å². The molecule has 3 aromatic rings. The Labute approximate surface area is 148 Å². The Kier molecular flexibility index (Phi) is 5.17. The van der Waals surface area contributed by atoms with E-state index in [9.17, 15) is 4.79 Å². The van der Waals surface area contributed by atoms with E-state index < -0.39 is 0 Å². The molecule has 0 saturated heterocycles. The van der Waals surface area contributed by atoms with Crippen LogP contribution in [-0.2, 0) is 4.79 Å². The normalized spacial score (nSPS) is 10.6. The lowest BCUT2D eigenvalue weighted by Crippen LogP contribution is -2.14. The Morgan fingerprint density at radius 2 is 1.96 bits per heavy atom. The average molecular weight is 359 g/mol. The minimum absolute atomic E-state index is 0.0906. The van der Waals surface area contributed by atoms with Crippen molar-refractivity contribution in [1.82, 2.24) is 15.2 Å². The van der Waals surface area contributed by atoms with Crippen LogP contribution < -0.4 is 5.32 Å². The van der Waals surface area contributed by atoms with Crippen LogP contribution in [0, 0.1) is 6.92 Å². The number of aromatic amines is 1. The summed E-state index contributed by atoms with van der Waals surface area (Å²) in [6, 6.07) is 15.0. The van der Waals surface area contributed by atoms with Gasteiger partial charge in [-0.3, -0.25) is 9.89 Å². The molecule has 1 heterocycles. The van der Waals surface area contributed by atoms with Crippen LogP contribution in [0.5, 0.6) is 0 Å². The largest absolute Gasteiger partial charge is 0.325 e. The maximum absolute atomic E-state index is 12.0. The van der Waals surface area contributed by atoms with Crippen LogP contribution in [0.3, 0.4) is 0 Å². The number of aryl methyl sites for hydroxylation is 1. The number of anilines is 1. The predicted octanol–water partition coefficient (Wildman–Crippen LogP) is 4.16. The van der Waals surface area contributed by atoms with Crippen molar-refractivity contribution in [3.8, 4) is 11.4 Å². The third kappa shape index (κ3) is 4.15. The summed E-state index contributed by atoms with van der Waals surface area (Å²) in [7, 11) is 0. The van der Waals surface area contributed by atoms with Crippen molar-refractivity contribution in [3.63, 3.8) is 0 Å². The van der Waals surface area contributed by atoms with E-state index in [0.717, 1.165) is 16.8 Å². The third-order valence-corrected chi connectivity index (χ3v) is 4.43. The summed E-state index contributed by atoms with van der Waals surface area (Å²) >= 11 is 7.15. The van der Waals surface area contributed by atoms with Gasteiger partial charge in [0, 0.05) is 16.3 Å². The Bertz CT molecular complexity index is 848. The van der Waals surface area contributed by atoms with Crippen molar-refractivity contribution in [2.24, 2.45) is 0 Å². The Hall–Kier alpha value is -2.31. The number of halogens is 1. The van der Waals surface area contributed by atoms with Gasteiger partial charge in [0.25, 0.3) is 0 Å². The highest BCUT2D eigenvalue weighted by Crippen LogP contribution is 2.21. The zero-order chi connectivity index (χ0) is 16.9. The molecule has 0 aliphatic heterocycles. The summed E-state index contributed by atoms with van der Waals surface area (Å²) in [5.74, 6) is 0.798. The van der Waals surface area contributed by atoms with Crippen molar-refractivity contribution in [2.45, 2.75) is 12.1 Å². The maximum atomic E-state index is 12.0. The van der Waals surface area contributed by atoms with Crippen LogP contribution >= 0.6 is 23.4 Å². The number of hydrogen-bond donors (Lipinski definition) is 2. The summed E-state index contributed by atoms with van der Waals surface area (Å²) in [6.07, 6.45) is 0. The minimum Gasteiger partial charge on any atom is -0.325 e. The molecule has 0 unspecified atom stereocenters. The number of benzene rings is 2. The van der Waals surface area contributed by atoms with Gasteiger partial charge in [0.15, 0.2) is 5.82 Å². The van der Waals surface area contributed by atoms with Gasteiger partial charge >= 0.3 is 0 Å². The highest BCUT2D eigenvalue weighted by Gasteiger charge is 2.10. The molecule has 122 valence electrons. The van der Waals surface area contributed by atoms with Gasteiger partial charge in [-0.2, -0.15) is 0 Å². The number of nitrogens with one attached hydrogen (secondary N) is 2. The van der Waals surface area contributed by atoms with Gasteiger partial charge in [0.05, 0.1) is 5.75 Å². The SMILES string of the molecule is Cc1ccccc1NC(=O)CSc1n[nH]c(-c2ccc(Cl)cc2)n1. The zero-order valence-corrected chi connectivity index (χ0v) is 14.5. The molecule has 2 N–H and O–H groups in total.